The van der Waals surface area contributed by atoms with Crippen molar-refractivity contribution in [3.05, 3.63) is 28.8 Å². The van der Waals surface area contributed by atoms with Crippen LogP contribution < -0.4 is 5.32 Å². The summed E-state index contributed by atoms with van der Waals surface area (Å²) < 4.78 is 0. The lowest BCUT2D eigenvalue weighted by atomic mass is 10.1. The van der Waals surface area contributed by atoms with Crippen LogP contribution in [0, 0.1) is 20.8 Å². The summed E-state index contributed by atoms with van der Waals surface area (Å²) in [6.45, 7) is 5.91. The van der Waals surface area contributed by atoms with Gasteiger partial charge < -0.3 is 5.32 Å². The third-order valence-electron chi connectivity index (χ3n) is 1.90. The van der Waals surface area contributed by atoms with E-state index in [1.165, 1.54) is 5.56 Å². The molecule has 0 spiro atoms. The first kappa shape index (κ1) is 10.1. The van der Waals surface area contributed by atoms with Gasteiger partial charge in [-0.3, -0.25) is 4.79 Å². The lowest BCUT2D eigenvalue weighted by Crippen LogP contribution is -2.04. The second-order valence-corrected chi connectivity index (χ2v) is 3.52. The summed E-state index contributed by atoms with van der Waals surface area (Å²) in [5.41, 5.74) is 4.06. The molecule has 1 aromatic rings. The first-order chi connectivity index (χ1) is 6.00. The van der Waals surface area contributed by atoms with Crippen LogP contribution in [0.25, 0.3) is 0 Å². The van der Waals surface area contributed by atoms with Gasteiger partial charge in [-0.25, -0.2) is 0 Å². The third-order valence-corrected chi connectivity index (χ3v) is 1.99. The minimum absolute atomic E-state index is 0.546. The molecule has 2 nitrogen and oxygen atoms in total. The molecule has 0 aliphatic heterocycles. The Hall–Kier alpha value is -1.02. The van der Waals surface area contributed by atoms with E-state index in [9.17, 15) is 4.79 Å². The van der Waals surface area contributed by atoms with Gasteiger partial charge in [0, 0.05) is 5.69 Å². The number of hydrogen-bond donors (Lipinski definition) is 1. The van der Waals surface area contributed by atoms with Crippen molar-refractivity contribution in [2.75, 3.05) is 5.32 Å². The minimum atomic E-state index is -0.546. The second kappa shape index (κ2) is 3.79. The van der Waals surface area contributed by atoms with Gasteiger partial charge in [0.05, 0.1) is 0 Å². The SMILES string of the molecule is Cc1cc(C)c(NC(=O)Cl)c(C)c1. The number of anilines is 1. The maximum atomic E-state index is 10.7. The van der Waals surface area contributed by atoms with Gasteiger partial charge in [-0.15, -0.1) is 0 Å². The molecule has 0 fully saturated rings. The van der Waals surface area contributed by atoms with Crippen LogP contribution in [0.4, 0.5) is 10.5 Å². The number of rotatable bonds is 1. The highest BCUT2D eigenvalue weighted by molar-refractivity contribution is 6.65. The standard InChI is InChI=1S/C10H12ClNO/c1-6-4-7(2)9(8(3)5-6)12-10(11)13/h4-5H,1-3H3,(H,12,13). The fraction of sp³-hybridized carbons (Fsp3) is 0.300. The molecular weight excluding hydrogens is 186 g/mol. The zero-order valence-corrected chi connectivity index (χ0v) is 8.70. The van der Waals surface area contributed by atoms with Crippen molar-refractivity contribution in [2.45, 2.75) is 20.8 Å². The smallest absolute Gasteiger partial charge is 0.312 e. The van der Waals surface area contributed by atoms with Gasteiger partial charge in [0.25, 0.3) is 0 Å². The number of carbonyl (C=O) groups excluding carboxylic acids is 1. The fourth-order valence-electron chi connectivity index (χ4n) is 1.48. The number of nitrogens with one attached hydrogen (secondary N) is 1. The lowest BCUT2D eigenvalue weighted by molar-refractivity contribution is 0.269. The second-order valence-electron chi connectivity index (χ2n) is 3.17. The Morgan fingerprint density at radius 1 is 1.23 bits per heavy atom. The van der Waals surface area contributed by atoms with Crippen molar-refractivity contribution < 1.29 is 4.79 Å². The Morgan fingerprint density at radius 2 is 1.69 bits per heavy atom. The van der Waals surface area contributed by atoms with Crippen molar-refractivity contribution >= 4 is 22.7 Å². The summed E-state index contributed by atoms with van der Waals surface area (Å²) in [6, 6.07) is 4.02. The highest BCUT2D eigenvalue weighted by Gasteiger charge is 2.05. The molecule has 0 saturated heterocycles. The summed E-state index contributed by atoms with van der Waals surface area (Å²) in [5.74, 6) is 0. The van der Waals surface area contributed by atoms with Crippen LogP contribution in [0.3, 0.4) is 0 Å². The number of carbonyl (C=O) groups is 1. The maximum Gasteiger partial charge on any atom is 0.318 e. The molecule has 0 bridgehead atoms. The predicted octanol–water partition coefficient (Wildman–Crippen LogP) is 3.38. The molecule has 0 atom stereocenters. The fourth-order valence-corrected chi connectivity index (χ4v) is 1.57. The first-order valence-electron chi connectivity index (χ1n) is 4.05. The molecule has 0 radical (unpaired) electrons. The third kappa shape index (κ3) is 2.46. The number of aryl methyl sites for hydroxylation is 3. The molecular formula is C10H12ClNO. The zero-order valence-electron chi connectivity index (χ0n) is 7.94. The molecule has 13 heavy (non-hydrogen) atoms. The number of amides is 1. The van der Waals surface area contributed by atoms with E-state index in [0.29, 0.717) is 0 Å². The Morgan fingerprint density at radius 3 is 2.08 bits per heavy atom. The van der Waals surface area contributed by atoms with Gasteiger partial charge in [0.2, 0.25) is 0 Å². The van der Waals surface area contributed by atoms with Crippen molar-refractivity contribution in [1.29, 1.82) is 0 Å². The summed E-state index contributed by atoms with van der Waals surface area (Å²) >= 11 is 5.25. The summed E-state index contributed by atoms with van der Waals surface area (Å²) in [7, 11) is 0. The van der Waals surface area contributed by atoms with E-state index in [1.807, 2.05) is 32.9 Å². The number of halogens is 1. The molecule has 0 unspecified atom stereocenters. The van der Waals surface area contributed by atoms with Crippen LogP contribution in [-0.2, 0) is 0 Å². The molecule has 0 aliphatic rings. The Labute approximate surface area is 82.9 Å². The molecule has 0 aromatic heterocycles. The molecule has 1 aromatic carbocycles. The van der Waals surface area contributed by atoms with Gasteiger partial charge >= 0.3 is 5.37 Å². The quantitative estimate of drug-likeness (QED) is 0.543. The average Bonchev–Trinajstić information content (AvgIpc) is 1.96. The molecule has 70 valence electrons. The van der Waals surface area contributed by atoms with E-state index < -0.39 is 5.37 Å². The van der Waals surface area contributed by atoms with Crippen molar-refractivity contribution in [3.8, 4) is 0 Å². The van der Waals surface area contributed by atoms with E-state index in [0.717, 1.165) is 16.8 Å². The van der Waals surface area contributed by atoms with E-state index in [2.05, 4.69) is 5.32 Å². The normalized spacial score (nSPS) is 9.85. The van der Waals surface area contributed by atoms with Crippen LogP contribution in [0.5, 0.6) is 0 Å². The van der Waals surface area contributed by atoms with Crippen molar-refractivity contribution in [1.82, 2.24) is 0 Å². The van der Waals surface area contributed by atoms with Gasteiger partial charge in [-0.1, -0.05) is 17.7 Å². The first-order valence-corrected chi connectivity index (χ1v) is 4.43. The Balaban J connectivity index is 3.13. The summed E-state index contributed by atoms with van der Waals surface area (Å²) in [5, 5.41) is 2.05. The minimum Gasteiger partial charge on any atom is -0.312 e. The lowest BCUT2D eigenvalue weighted by Gasteiger charge is -2.10. The van der Waals surface area contributed by atoms with Crippen molar-refractivity contribution in [2.24, 2.45) is 0 Å². The highest BCUT2D eigenvalue weighted by atomic mass is 35.5. The highest BCUT2D eigenvalue weighted by Crippen LogP contribution is 2.22. The van der Waals surface area contributed by atoms with Gasteiger partial charge in [-0.05, 0) is 43.5 Å². The molecule has 1 amide bonds. The summed E-state index contributed by atoms with van der Waals surface area (Å²) in [6.07, 6.45) is 0. The number of benzene rings is 1. The Kier molecular flexibility index (Phi) is 2.94. The van der Waals surface area contributed by atoms with E-state index in [4.69, 9.17) is 11.6 Å². The van der Waals surface area contributed by atoms with Crippen LogP contribution >= 0.6 is 11.6 Å². The molecule has 1 N–H and O–H groups in total. The molecule has 1 rings (SSSR count). The van der Waals surface area contributed by atoms with Crippen LogP contribution in [0.1, 0.15) is 16.7 Å². The molecule has 0 aliphatic carbocycles. The summed E-state index contributed by atoms with van der Waals surface area (Å²) in [4.78, 5) is 10.7. The van der Waals surface area contributed by atoms with Gasteiger partial charge in [-0.2, -0.15) is 0 Å². The van der Waals surface area contributed by atoms with E-state index >= 15 is 0 Å². The predicted molar refractivity (Wildman–Crippen MR) is 55.5 cm³/mol. The van der Waals surface area contributed by atoms with Gasteiger partial charge in [0.15, 0.2) is 0 Å². The topological polar surface area (TPSA) is 29.1 Å². The Bertz CT molecular complexity index is 324. The number of hydrogen-bond acceptors (Lipinski definition) is 1. The maximum absolute atomic E-state index is 10.7. The molecule has 3 heteroatoms. The van der Waals surface area contributed by atoms with Crippen LogP contribution in [-0.4, -0.2) is 5.37 Å². The van der Waals surface area contributed by atoms with Crippen LogP contribution in [0.2, 0.25) is 0 Å². The van der Waals surface area contributed by atoms with E-state index in [1.54, 1.807) is 0 Å². The van der Waals surface area contributed by atoms with Crippen molar-refractivity contribution in [3.63, 3.8) is 0 Å². The molecule has 0 saturated carbocycles. The average molecular weight is 198 g/mol. The zero-order chi connectivity index (χ0) is 10.0. The van der Waals surface area contributed by atoms with Crippen LogP contribution in [0.15, 0.2) is 12.1 Å². The molecule has 0 heterocycles. The monoisotopic (exact) mass is 197 g/mol. The van der Waals surface area contributed by atoms with E-state index in [-0.39, 0.29) is 0 Å². The van der Waals surface area contributed by atoms with Gasteiger partial charge in [0.1, 0.15) is 0 Å². The largest absolute Gasteiger partial charge is 0.318 e.